The number of rotatable bonds is 7. The lowest BCUT2D eigenvalue weighted by Gasteiger charge is -2.16. The predicted octanol–water partition coefficient (Wildman–Crippen LogP) is 17.9. The lowest BCUT2D eigenvalue weighted by molar-refractivity contribution is 0.953. The van der Waals surface area contributed by atoms with Gasteiger partial charge in [0, 0.05) is 38.2 Å². The molecule has 5 heteroatoms. The summed E-state index contributed by atoms with van der Waals surface area (Å²) in [6, 6.07) is 93.7. The summed E-state index contributed by atoms with van der Waals surface area (Å²) < 4.78 is 4.73. The highest BCUT2D eigenvalue weighted by Crippen LogP contribution is 2.44. The standard InChI is InChI=1S/C69H43N5/c1-3-19-44(20-4-1)67-70-68(45-21-5-2-6-22-45)72-69(71-67)74-64-36-16-13-33-58(64)60-40-39-59-57-32-12-15-35-63(57)73(65(59)66(60)74)62-34-14-11-27-51(62)50-26-18-25-48(42-50)46-23-17-24-47(41-46)49-37-38-56-54-30-8-7-28-52(54)53-29-9-10-31-55(53)61(56)43-49/h1-43H. The third-order valence-electron chi connectivity index (χ3n) is 14.9. The van der Waals surface area contributed by atoms with Crippen molar-refractivity contribution < 1.29 is 0 Å². The van der Waals surface area contributed by atoms with Gasteiger partial charge in [0.1, 0.15) is 0 Å². The second kappa shape index (κ2) is 16.8. The van der Waals surface area contributed by atoms with Crippen LogP contribution in [0.5, 0.6) is 0 Å². The molecule has 0 aliphatic carbocycles. The van der Waals surface area contributed by atoms with Crippen LogP contribution in [0, 0.1) is 0 Å². The number of aromatic nitrogens is 5. The summed E-state index contributed by atoms with van der Waals surface area (Å²) in [6.45, 7) is 0. The first-order chi connectivity index (χ1) is 36.7. The van der Waals surface area contributed by atoms with Crippen molar-refractivity contribution in [1.82, 2.24) is 24.1 Å². The third-order valence-corrected chi connectivity index (χ3v) is 14.9. The Morgan fingerprint density at radius 3 is 1.20 bits per heavy atom. The zero-order chi connectivity index (χ0) is 48.7. The second-order valence-corrected chi connectivity index (χ2v) is 19.1. The molecule has 12 aromatic carbocycles. The first-order valence-corrected chi connectivity index (χ1v) is 25.2. The molecule has 0 amide bonds. The van der Waals surface area contributed by atoms with E-state index in [9.17, 15) is 0 Å². The fourth-order valence-electron chi connectivity index (χ4n) is 11.6. The van der Waals surface area contributed by atoms with Gasteiger partial charge >= 0.3 is 0 Å². The Balaban J connectivity index is 0.919. The Hall–Kier alpha value is -9.97. The minimum Gasteiger partial charge on any atom is -0.307 e. The van der Waals surface area contributed by atoms with E-state index in [4.69, 9.17) is 15.0 Å². The quantitative estimate of drug-likeness (QED) is 0.150. The van der Waals surface area contributed by atoms with Crippen molar-refractivity contribution in [2.75, 3.05) is 0 Å². The van der Waals surface area contributed by atoms with Gasteiger partial charge in [-0.3, -0.25) is 4.57 Å². The van der Waals surface area contributed by atoms with E-state index in [1.807, 2.05) is 36.4 Å². The van der Waals surface area contributed by atoms with E-state index in [1.54, 1.807) is 0 Å². The molecular weight excluding hydrogens is 899 g/mol. The summed E-state index contributed by atoms with van der Waals surface area (Å²) in [4.78, 5) is 15.8. The SMILES string of the molecule is c1ccc(-c2nc(-c3ccccc3)nc(-n3c4ccccc4c4ccc5c6ccccc6n(-c6ccccc6-c6cccc(-c7cccc(-c8ccc9c%10ccccc%10c%10ccccc%10c9c8)c7)c6)c5c43)n2)cc1. The van der Waals surface area contributed by atoms with Crippen molar-refractivity contribution in [3.63, 3.8) is 0 Å². The van der Waals surface area contributed by atoms with E-state index in [-0.39, 0.29) is 0 Å². The van der Waals surface area contributed by atoms with E-state index in [1.165, 1.54) is 48.8 Å². The highest BCUT2D eigenvalue weighted by atomic mass is 15.2. The van der Waals surface area contributed by atoms with Crippen molar-refractivity contribution >= 4 is 75.9 Å². The number of fused-ring (bicyclic) bond motifs is 13. The zero-order valence-corrected chi connectivity index (χ0v) is 40.1. The lowest BCUT2D eigenvalue weighted by Crippen LogP contribution is -2.07. The Kier molecular flexibility index (Phi) is 9.50. The average Bonchev–Trinajstić information content (AvgIpc) is 4.01. The van der Waals surface area contributed by atoms with Crippen LogP contribution in [0.4, 0.5) is 0 Å². The highest BCUT2D eigenvalue weighted by molar-refractivity contribution is 6.26. The number of hydrogen-bond acceptors (Lipinski definition) is 3. The Bertz CT molecular complexity index is 4630. The molecule has 0 aliphatic heterocycles. The Morgan fingerprint density at radius 2 is 0.622 bits per heavy atom. The monoisotopic (exact) mass is 941 g/mol. The van der Waals surface area contributed by atoms with Gasteiger partial charge in [0.05, 0.1) is 27.8 Å². The van der Waals surface area contributed by atoms with Crippen molar-refractivity contribution in [2.24, 2.45) is 0 Å². The molecule has 3 heterocycles. The largest absolute Gasteiger partial charge is 0.307 e. The van der Waals surface area contributed by atoms with Crippen molar-refractivity contribution in [1.29, 1.82) is 0 Å². The summed E-state index contributed by atoms with van der Waals surface area (Å²) in [5.41, 5.74) is 14.1. The van der Waals surface area contributed by atoms with E-state index in [0.29, 0.717) is 17.6 Å². The molecule has 344 valence electrons. The lowest BCUT2D eigenvalue weighted by atomic mass is 9.91. The molecule has 0 fully saturated rings. The minimum absolute atomic E-state index is 0.557. The fraction of sp³-hybridized carbons (Fsp3) is 0. The van der Waals surface area contributed by atoms with Gasteiger partial charge in [0.2, 0.25) is 5.95 Å². The smallest absolute Gasteiger partial charge is 0.238 e. The molecule has 15 aromatic rings. The van der Waals surface area contributed by atoms with E-state index in [0.717, 1.165) is 77.3 Å². The summed E-state index contributed by atoms with van der Waals surface area (Å²) >= 11 is 0. The summed E-state index contributed by atoms with van der Waals surface area (Å²) in [7, 11) is 0. The predicted molar refractivity (Wildman–Crippen MR) is 308 cm³/mol. The molecule has 0 aliphatic rings. The Morgan fingerprint density at radius 1 is 0.230 bits per heavy atom. The maximum Gasteiger partial charge on any atom is 0.238 e. The van der Waals surface area contributed by atoms with Crippen LogP contribution >= 0.6 is 0 Å². The van der Waals surface area contributed by atoms with Crippen LogP contribution in [0.3, 0.4) is 0 Å². The van der Waals surface area contributed by atoms with Gasteiger partial charge in [-0.1, -0.05) is 224 Å². The molecule has 74 heavy (non-hydrogen) atoms. The number of para-hydroxylation sites is 3. The number of benzene rings is 12. The van der Waals surface area contributed by atoms with Gasteiger partial charge in [-0.25, -0.2) is 4.98 Å². The molecule has 0 saturated carbocycles. The van der Waals surface area contributed by atoms with Gasteiger partial charge in [0.15, 0.2) is 11.6 Å². The second-order valence-electron chi connectivity index (χ2n) is 19.1. The fourth-order valence-corrected chi connectivity index (χ4v) is 11.6. The third kappa shape index (κ3) is 6.60. The normalized spacial score (nSPS) is 11.8. The van der Waals surface area contributed by atoms with Crippen LogP contribution in [0.1, 0.15) is 0 Å². The van der Waals surface area contributed by atoms with E-state index in [2.05, 4.69) is 234 Å². The van der Waals surface area contributed by atoms with Gasteiger partial charge in [-0.2, -0.15) is 9.97 Å². The van der Waals surface area contributed by atoms with Crippen LogP contribution in [-0.4, -0.2) is 24.1 Å². The molecule has 0 spiro atoms. The van der Waals surface area contributed by atoms with Crippen molar-refractivity contribution in [3.05, 3.63) is 261 Å². The van der Waals surface area contributed by atoms with Gasteiger partial charge in [0.25, 0.3) is 0 Å². The number of nitrogens with zero attached hydrogens (tertiary/aromatic N) is 5. The molecule has 0 N–H and O–H groups in total. The summed E-state index contributed by atoms with van der Waals surface area (Å²) in [5, 5.41) is 12.2. The zero-order valence-electron chi connectivity index (χ0n) is 40.1. The van der Waals surface area contributed by atoms with Crippen LogP contribution in [0.25, 0.3) is 144 Å². The molecule has 3 aromatic heterocycles. The molecular formula is C69H43N5. The first kappa shape index (κ1) is 41.8. The average molecular weight is 942 g/mol. The van der Waals surface area contributed by atoms with Crippen LogP contribution in [0.2, 0.25) is 0 Å². The van der Waals surface area contributed by atoms with Gasteiger partial charge in [-0.05, 0) is 96.5 Å². The van der Waals surface area contributed by atoms with Crippen LogP contribution in [0.15, 0.2) is 261 Å². The van der Waals surface area contributed by atoms with Crippen LogP contribution in [-0.2, 0) is 0 Å². The first-order valence-electron chi connectivity index (χ1n) is 25.2. The minimum atomic E-state index is 0.557. The maximum absolute atomic E-state index is 5.33. The molecule has 5 nitrogen and oxygen atoms in total. The Labute approximate surface area is 426 Å². The maximum atomic E-state index is 5.33. The molecule has 0 atom stereocenters. The summed E-state index contributed by atoms with van der Waals surface area (Å²) in [5.74, 6) is 1.79. The number of hydrogen-bond donors (Lipinski definition) is 0. The molecule has 0 unspecified atom stereocenters. The van der Waals surface area contributed by atoms with Gasteiger partial charge in [-0.15, -0.1) is 0 Å². The molecule has 0 radical (unpaired) electrons. The molecule has 15 rings (SSSR count). The molecule has 0 saturated heterocycles. The van der Waals surface area contributed by atoms with E-state index < -0.39 is 0 Å². The van der Waals surface area contributed by atoms with Gasteiger partial charge < -0.3 is 4.57 Å². The topological polar surface area (TPSA) is 48.5 Å². The summed E-state index contributed by atoms with van der Waals surface area (Å²) in [6.07, 6.45) is 0. The highest BCUT2D eigenvalue weighted by Gasteiger charge is 2.25. The van der Waals surface area contributed by atoms with Crippen LogP contribution < -0.4 is 0 Å². The van der Waals surface area contributed by atoms with Crippen molar-refractivity contribution in [2.45, 2.75) is 0 Å². The molecule has 0 bridgehead atoms. The van der Waals surface area contributed by atoms with Crippen molar-refractivity contribution in [3.8, 4) is 67.8 Å². The van der Waals surface area contributed by atoms with E-state index >= 15 is 0 Å².